The van der Waals surface area contributed by atoms with Gasteiger partial charge < -0.3 is 10.0 Å². The molecule has 0 bridgehead atoms. The van der Waals surface area contributed by atoms with Crippen molar-refractivity contribution >= 4 is 12.6 Å². The molecule has 0 aromatic heterocycles. The number of rotatable bonds is 4. The lowest BCUT2D eigenvalue weighted by Crippen LogP contribution is -2.39. The molecular formula is C14H23BFNO2. The van der Waals surface area contributed by atoms with Crippen LogP contribution in [0.2, 0.25) is 0 Å². The van der Waals surface area contributed by atoms with Crippen molar-refractivity contribution in [3.8, 4) is 0 Å². The van der Waals surface area contributed by atoms with Gasteiger partial charge in [0.25, 0.3) is 0 Å². The van der Waals surface area contributed by atoms with Gasteiger partial charge in [0.15, 0.2) is 0 Å². The topological polar surface area (TPSA) is 43.7 Å². The third kappa shape index (κ3) is 4.30. The molecule has 0 radical (unpaired) electrons. The van der Waals surface area contributed by atoms with E-state index < -0.39 is 12.9 Å². The largest absolute Gasteiger partial charge is 0.488 e. The van der Waals surface area contributed by atoms with Crippen LogP contribution in [0.5, 0.6) is 0 Å². The summed E-state index contributed by atoms with van der Waals surface area (Å²) < 4.78 is 13.9. The van der Waals surface area contributed by atoms with Crippen molar-refractivity contribution in [2.75, 3.05) is 7.05 Å². The second-order valence-corrected chi connectivity index (χ2v) is 6.18. The Morgan fingerprint density at radius 1 is 1.32 bits per heavy atom. The summed E-state index contributed by atoms with van der Waals surface area (Å²) in [6, 6.07) is 4.62. The minimum atomic E-state index is -1.63. The van der Waals surface area contributed by atoms with Gasteiger partial charge in [-0.05, 0) is 30.9 Å². The standard InChI is InChI=1S/C14H23BFNO2/c1-10(14(2,3)4)17(5)9-11-6-7-12(15(18)19)8-13(11)16/h6-8,10,18-19H,9H2,1-5H3. The lowest BCUT2D eigenvalue weighted by molar-refractivity contribution is 0.133. The number of hydrogen-bond donors (Lipinski definition) is 2. The highest BCUT2D eigenvalue weighted by Gasteiger charge is 2.24. The van der Waals surface area contributed by atoms with Crippen molar-refractivity contribution in [3.05, 3.63) is 29.6 Å². The Bertz CT molecular complexity index is 432. The van der Waals surface area contributed by atoms with E-state index >= 15 is 0 Å². The zero-order valence-electron chi connectivity index (χ0n) is 12.3. The van der Waals surface area contributed by atoms with Crippen LogP contribution >= 0.6 is 0 Å². The number of halogens is 1. The number of benzene rings is 1. The Labute approximate surface area is 115 Å². The first kappa shape index (κ1) is 16.2. The van der Waals surface area contributed by atoms with Gasteiger partial charge in [0.2, 0.25) is 0 Å². The van der Waals surface area contributed by atoms with Crippen molar-refractivity contribution in [1.82, 2.24) is 4.90 Å². The maximum Gasteiger partial charge on any atom is 0.488 e. The molecule has 1 aromatic rings. The maximum absolute atomic E-state index is 13.9. The molecule has 5 heteroatoms. The van der Waals surface area contributed by atoms with Crippen molar-refractivity contribution in [1.29, 1.82) is 0 Å². The summed E-state index contributed by atoms with van der Waals surface area (Å²) in [6.07, 6.45) is 0. The van der Waals surface area contributed by atoms with Crippen LogP contribution in [0.4, 0.5) is 4.39 Å². The molecule has 1 rings (SSSR count). The van der Waals surface area contributed by atoms with E-state index in [1.54, 1.807) is 12.1 Å². The van der Waals surface area contributed by atoms with Crippen LogP contribution in [0.15, 0.2) is 18.2 Å². The van der Waals surface area contributed by atoms with Crippen LogP contribution < -0.4 is 5.46 Å². The van der Waals surface area contributed by atoms with Gasteiger partial charge in [-0.2, -0.15) is 0 Å². The van der Waals surface area contributed by atoms with E-state index in [0.717, 1.165) is 0 Å². The van der Waals surface area contributed by atoms with Crippen LogP contribution in [0.25, 0.3) is 0 Å². The van der Waals surface area contributed by atoms with Gasteiger partial charge in [-0.15, -0.1) is 0 Å². The molecule has 2 N–H and O–H groups in total. The van der Waals surface area contributed by atoms with Crippen molar-refractivity contribution < 1.29 is 14.4 Å². The molecule has 0 aliphatic carbocycles. The summed E-state index contributed by atoms with van der Waals surface area (Å²) in [5.41, 5.74) is 0.850. The molecule has 3 nitrogen and oxygen atoms in total. The van der Waals surface area contributed by atoms with E-state index in [9.17, 15) is 4.39 Å². The van der Waals surface area contributed by atoms with Crippen LogP contribution in [-0.4, -0.2) is 35.2 Å². The maximum atomic E-state index is 13.9. The molecular weight excluding hydrogens is 244 g/mol. The number of hydrogen-bond acceptors (Lipinski definition) is 3. The van der Waals surface area contributed by atoms with Crippen LogP contribution in [0.1, 0.15) is 33.3 Å². The Morgan fingerprint density at radius 2 is 1.89 bits per heavy atom. The fourth-order valence-corrected chi connectivity index (χ4v) is 1.92. The molecule has 1 unspecified atom stereocenters. The first-order valence-electron chi connectivity index (χ1n) is 6.47. The average Bonchev–Trinajstić information content (AvgIpc) is 2.29. The summed E-state index contributed by atoms with van der Waals surface area (Å²) in [5, 5.41) is 18.0. The molecule has 1 aromatic carbocycles. The molecule has 0 fully saturated rings. The predicted octanol–water partition coefficient (Wildman–Crippen LogP) is 1.37. The quantitative estimate of drug-likeness (QED) is 0.810. The molecule has 0 aliphatic heterocycles. The highest BCUT2D eigenvalue weighted by atomic mass is 19.1. The minimum absolute atomic E-state index is 0.118. The van der Waals surface area contributed by atoms with Gasteiger partial charge in [-0.1, -0.05) is 32.9 Å². The lowest BCUT2D eigenvalue weighted by atomic mass is 9.80. The highest BCUT2D eigenvalue weighted by Crippen LogP contribution is 2.24. The second-order valence-electron chi connectivity index (χ2n) is 6.18. The van der Waals surface area contributed by atoms with Crippen LogP contribution in [0, 0.1) is 11.2 Å². The van der Waals surface area contributed by atoms with Crippen molar-refractivity contribution in [3.63, 3.8) is 0 Å². The molecule has 106 valence electrons. The van der Waals surface area contributed by atoms with Crippen LogP contribution in [0.3, 0.4) is 0 Å². The second kappa shape index (κ2) is 6.03. The SMILES string of the molecule is CC(N(C)Cc1ccc(B(O)O)cc1F)C(C)(C)C. The van der Waals surface area contributed by atoms with Crippen molar-refractivity contribution in [2.45, 2.75) is 40.3 Å². The number of nitrogens with zero attached hydrogens (tertiary/aromatic N) is 1. The summed E-state index contributed by atoms with van der Waals surface area (Å²) in [6.45, 7) is 9.05. The van der Waals surface area contributed by atoms with Gasteiger partial charge in [0, 0.05) is 18.2 Å². The Hall–Kier alpha value is -0.905. The van der Waals surface area contributed by atoms with Gasteiger partial charge in [-0.25, -0.2) is 4.39 Å². The zero-order valence-corrected chi connectivity index (χ0v) is 12.3. The third-order valence-electron chi connectivity index (χ3n) is 3.71. The molecule has 0 saturated heterocycles. The Kier molecular flexibility index (Phi) is 5.13. The van der Waals surface area contributed by atoms with E-state index in [0.29, 0.717) is 18.2 Å². The van der Waals surface area contributed by atoms with E-state index in [2.05, 4.69) is 32.6 Å². The van der Waals surface area contributed by atoms with Crippen molar-refractivity contribution in [2.24, 2.45) is 5.41 Å². The normalized spacial score (nSPS) is 13.7. The predicted molar refractivity (Wildman–Crippen MR) is 76.6 cm³/mol. The van der Waals surface area contributed by atoms with Gasteiger partial charge in [0.1, 0.15) is 5.82 Å². The fraction of sp³-hybridized carbons (Fsp3) is 0.571. The Morgan fingerprint density at radius 3 is 2.32 bits per heavy atom. The van der Waals surface area contributed by atoms with Gasteiger partial charge in [0.05, 0.1) is 0 Å². The van der Waals surface area contributed by atoms with Gasteiger partial charge in [-0.3, -0.25) is 4.90 Å². The van der Waals surface area contributed by atoms with Gasteiger partial charge >= 0.3 is 7.12 Å². The minimum Gasteiger partial charge on any atom is -0.423 e. The summed E-state index contributed by atoms with van der Waals surface area (Å²) in [7, 11) is 0.333. The van der Waals surface area contributed by atoms with E-state index in [4.69, 9.17) is 10.0 Å². The Balaban J connectivity index is 2.83. The van der Waals surface area contributed by atoms with E-state index in [1.807, 2.05) is 7.05 Å². The zero-order chi connectivity index (χ0) is 14.8. The first-order valence-corrected chi connectivity index (χ1v) is 6.47. The molecule has 0 spiro atoms. The summed E-state index contributed by atoms with van der Waals surface area (Å²) >= 11 is 0. The first-order chi connectivity index (χ1) is 8.62. The molecule has 0 amide bonds. The summed E-state index contributed by atoms with van der Waals surface area (Å²) in [4.78, 5) is 2.09. The smallest absolute Gasteiger partial charge is 0.423 e. The molecule has 19 heavy (non-hydrogen) atoms. The molecule has 0 heterocycles. The average molecular weight is 267 g/mol. The van der Waals surface area contributed by atoms with E-state index in [1.165, 1.54) is 6.07 Å². The fourth-order valence-electron chi connectivity index (χ4n) is 1.92. The highest BCUT2D eigenvalue weighted by molar-refractivity contribution is 6.58. The van der Waals surface area contributed by atoms with E-state index in [-0.39, 0.29) is 10.9 Å². The third-order valence-corrected chi connectivity index (χ3v) is 3.71. The monoisotopic (exact) mass is 267 g/mol. The molecule has 0 aliphatic rings. The lowest BCUT2D eigenvalue weighted by Gasteiger charge is -2.35. The summed E-state index contributed by atoms with van der Waals surface area (Å²) in [5.74, 6) is -0.404. The molecule has 0 saturated carbocycles. The van der Waals surface area contributed by atoms with Crippen LogP contribution in [-0.2, 0) is 6.54 Å². The molecule has 1 atom stereocenters.